The lowest BCUT2D eigenvalue weighted by Gasteiger charge is -2.20. The van der Waals surface area contributed by atoms with Gasteiger partial charge in [0.2, 0.25) is 5.88 Å². The van der Waals surface area contributed by atoms with Crippen LogP contribution in [0.5, 0.6) is 17.4 Å². The van der Waals surface area contributed by atoms with Crippen molar-refractivity contribution < 1.29 is 14.9 Å². The molecule has 0 saturated heterocycles. The van der Waals surface area contributed by atoms with Gasteiger partial charge in [0.05, 0.1) is 23.4 Å². The minimum atomic E-state index is -0.301. The number of phenols is 2. The first kappa shape index (κ1) is 15.0. The second-order valence-electron chi connectivity index (χ2n) is 5.10. The number of nitrogens with zero attached hydrogens (tertiary/aromatic N) is 1. The third-order valence-electron chi connectivity index (χ3n) is 2.98. The second-order valence-corrected chi connectivity index (χ2v) is 5.10. The second kappa shape index (κ2) is 6.35. The van der Waals surface area contributed by atoms with Crippen LogP contribution in [0, 0.1) is 0 Å². The first-order valence-electron chi connectivity index (χ1n) is 6.88. The molecule has 1 unspecified atom stereocenters. The van der Waals surface area contributed by atoms with Gasteiger partial charge in [-0.1, -0.05) is 6.07 Å². The number of benzene rings is 1. The summed E-state index contributed by atoms with van der Waals surface area (Å²) in [6, 6.07) is 8.03. The van der Waals surface area contributed by atoms with Crippen molar-refractivity contribution in [2.24, 2.45) is 0 Å². The summed E-state index contributed by atoms with van der Waals surface area (Å²) in [6.07, 6.45) is 1.67. The van der Waals surface area contributed by atoms with Crippen LogP contribution in [-0.4, -0.2) is 21.3 Å². The highest BCUT2D eigenvalue weighted by molar-refractivity contribution is 5.56. The summed E-state index contributed by atoms with van der Waals surface area (Å²) in [6.45, 7) is 5.70. The zero-order valence-corrected chi connectivity index (χ0v) is 12.4. The van der Waals surface area contributed by atoms with Crippen molar-refractivity contribution in [3.05, 3.63) is 42.1 Å². The van der Waals surface area contributed by atoms with E-state index in [9.17, 15) is 10.2 Å². The quantitative estimate of drug-likeness (QED) is 0.785. The third-order valence-corrected chi connectivity index (χ3v) is 2.98. The molecule has 0 aliphatic rings. The average Bonchev–Trinajstić information content (AvgIpc) is 2.40. The van der Waals surface area contributed by atoms with E-state index in [1.165, 1.54) is 0 Å². The molecule has 5 nitrogen and oxygen atoms in total. The Morgan fingerprint density at radius 1 is 1.05 bits per heavy atom. The Labute approximate surface area is 124 Å². The van der Waals surface area contributed by atoms with Gasteiger partial charge in [-0.15, -0.1) is 0 Å². The van der Waals surface area contributed by atoms with Crippen molar-refractivity contribution in [2.75, 3.05) is 5.32 Å². The van der Waals surface area contributed by atoms with Crippen molar-refractivity contribution in [1.82, 2.24) is 4.98 Å². The lowest BCUT2D eigenvalue weighted by atomic mass is 10.1. The summed E-state index contributed by atoms with van der Waals surface area (Å²) in [4.78, 5) is 4.20. The van der Waals surface area contributed by atoms with Crippen molar-refractivity contribution >= 4 is 5.69 Å². The number of pyridine rings is 1. The maximum Gasteiger partial charge on any atom is 0.237 e. The molecule has 1 aromatic heterocycles. The molecule has 0 radical (unpaired) electrons. The van der Waals surface area contributed by atoms with Crippen LogP contribution < -0.4 is 10.1 Å². The number of hydrogen-bond acceptors (Lipinski definition) is 5. The fourth-order valence-electron chi connectivity index (χ4n) is 2.11. The van der Waals surface area contributed by atoms with Crippen LogP contribution in [0.2, 0.25) is 0 Å². The summed E-state index contributed by atoms with van der Waals surface area (Å²) in [5, 5.41) is 23.0. The summed E-state index contributed by atoms with van der Waals surface area (Å²) in [5.41, 5.74) is 1.15. The molecule has 0 aliphatic heterocycles. The highest BCUT2D eigenvalue weighted by Gasteiger charge is 2.17. The summed E-state index contributed by atoms with van der Waals surface area (Å²) < 4.78 is 5.64. The van der Waals surface area contributed by atoms with E-state index in [-0.39, 0.29) is 23.6 Å². The minimum absolute atomic E-state index is 0.00860. The Hall–Kier alpha value is -2.43. The number of phenolic OH excluding ortho intramolecular Hbond substituents is 2. The first-order chi connectivity index (χ1) is 9.99. The van der Waals surface area contributed by atoms with Gasteiger partial charge in [-0.2, -0.15) is 0 Å². The Balaban J connectivity index is 2.26. The monoisotopic (exact) mass is 288 g/mol. The molecule has 3 N–H and O–H groups in total. The molecule has 0 amide bonds. The molecule has 2 rings (SSSR count). The Morgan fingerprint density at radius 3 is 2.33 bits per heavy atom. The largest absolute Gasteiger partial charge is 0.507 e. The fourth-order valence-corrected chi connectivity index (χ4v) is 2.11. The van der Waals surface area contributed by atoms with Gasteiger partial charge < -0.3 is 20.3 Å². The van der Waals surface area contributed by atoms with Gasteiger partial charge in [0.1, 0.15) is 11.5 Å². The number of anilines is 1. The molecule has 21 heavy (non-hydrogen) atoms. The van der Waals surface area contributed by atoms with Crippen LogP contribution in [0.4, 0.5) is 5.69 Å². The number of aromatic nitrogens is 1. The van der Waals surface area contributed by atoms with E-state index < -0.39 is 0 Å². The van der Waals surface area contributed by atoms with E-state index in [1.54, 1.807) is 30.5 Å². The first-order valence-corrected chi connectivity index (χ1v) is 6.88. The lowest BCUT2D eigenvalue weighted by Crippen LogP contribution is -2.12. The molecule has 0 bridgehead atoms. The molecule has 0 spiro atoms. The van der Waals surface area contributed by atoms with Crippen LogP contribution in [-0.2, 0) is 0 Å². The van der Waals surface area contributed by atoms with E-state index in [2.05, 4.69) is 10.3 Å². The zero-order valence-electron chi connectivity index (χ0n) is 12.4. The van der Waals surface area contributed by atoms with E-state index in [0.29, 0.717) is 17.1 Å². The van der Waals surface area contributed by atoms with Crippen LogP contribution in [0.3, 0.4) is 0 Å². The van der Waals surface area contributed by atoms with E-state index in [1.807, 2.05) is 26.8 Å². The summed E-state index contributed by atoms with van der Waals surface area (Å²) in [5.74, 6) is 0.588. The highest BCUT2D eigenvalue weighted by atomic mass is 16.5. The molecule has 0 aliphatic carbocycles. The maximum atomic E-state index is 9.91. The number of aromatic hydroxyl groups is 2. The van der Waals surface area contributed by atoms with Gasteiger partial charge in [-0.25, -0.2) is 4.98 Å². The predicted octanol–water partition coefficient (Wildman–Crippen LogP) is 3.45. The average molecular weight is 288 g/mol. The molecule has 1 heterocycles. The van der Waals surface area contributed by atoms with Crippen molar-refractivity contribution in [1.29, 1.82) is 0 Å². The van der Waals surface area contributed by atoms with Gasteiger partial charge in [-0.3, -0.25) is 0 Å². The Kier molecular flexibility index (Phi) is 4.52. The number of rotatable bonds is 5. The third kappa shape index (κ3) is 3.56. The smallest absolute Gasteiger partial charge is 0.237 e. The van der Waals surface area contributed by atoms with Crippen LogP contribution in [0.15, 0.2) is 36.5 Å². The SMILES string of the molecule is CC(C)Oc1ncccc1NC(C)c1c(O)cccc1O. The molecule has 1 atom stereocenters. The molecular formula is C16H20N2O3. The van der Waals surface area contributed by atoms with Crippen LogP contribution in [0.25, 0.3) is 0 Å². The van der Waals surface area contributed by atoms with Gasteiger partial charge >= 0.3 is 0 Å². The molecule has 1 aromatic carbocycles. The molecule has 0 saturated carbocycles. The van der Waals surface area contributed by atoms with Crippen molar-refractivity contribution in [2.45, 2.75) is 32.9 Å². The number of ether oxygens (including phenoxy) is 1. The number of nitrogens with one attached hydrogen (secondary N) is 1. The standard InChI is InChI=1S/C16H20N2O3/c1-10(2)21-16-12(6-5-9-17-16)18-11(3)15-13(19)7-4-8-14(15)20/h4-11,18-20H,1-3H3. The predicted molar refractivity (Wildman–Crippen MR) is 81.8 cm³/mol. The normalized spacial score (nSPS) is 12.2. The van der Waals surface area contributed by atoms with Gasteiger partial charge in [-0.05, 0) is 45.0 Å². The van der Waals surface area contributed by atoms with E-state index >= 15 is 0 Å². The minimum Gasteiger partial charge on any atom is -0.507 e. The Bertz CT molecular complexity index is 594. The van der Waals surface area contributed by atoms with Crippen molar-refractivity contribution in [3.63, 3.8) is 0 Å². The topological polar surface area (TPSA) is 74.6 Å². The van der Waals surface area contributed by atoms with Gasteiger partial charge in [0.15, 0.2) is 0 Å². The fraction of sp³-hybridized carbons (Fsp3) is 0.312. The summed E-state index contributed by atoms with van der Waals surface area (Å²) >= 11 is 0. The van der Waals surface area contributed by atoms with Crippen LogP contribution >= 0.6 is 0 Å². The summed E-state index contributed by atoms with van der Waals surface area (Å²) in [7, 11) is 0. The molecule has 5 heteroatoms. The van der Waals surface area contributed by atoms with Gasteiger partial charge in [0.25, 0.3) is 0 Å². The maximum absolute atomic E-state index is 9.91. The van der Waals surface area contributed by atoms with Crippen molar-refractivity contribution in [3.8, 4) is 17.4 Å². The highest BCUT2D eigenvalue weighted by Crippen LogP contribution is 2.35. The number of hydrogen-bond donors (Lipinski definition) is 3. The molecule has 112 valence electrons. The molecule has 2 aromatic rings. The Morgan fingerprint density at radius 2 is 1.71 bits per heavy atom. The lowest BCUT2D eigenvalue weighted by molar-refractivity contribution is 0.234. The van der Waals surface area contributed by atoms with E-state index in [4.69, 9.17) is 4.74 Å². The van der Waals surface area contributed by atoms with Gasteiger partial charge in [0, 0.05) is 6.20 Å². The zero-order chi connectivity index (χ0) is 15.4. The van der Waals surface area contributed by atoms with E-state index in [0.717, 1.165) is 0 Å². The van der Waals surface area contributed by atoms with Crippen LogP contribution in [0.1, 0.15) is 32.4 Å². The molecule has 0 fully saturated rings. The molecular weight excluding hydrogens is 268 g/mol.